The van der Waals surface area contributed by atoms with Gasteiger partial charge >= 0.3 is 0 Å². The number of nitrogens with one attached hydrogen (secondary N) is 1. The summed E-state index contributed by atoms with van der Waals surface area (Å²) in [7, 11) is 1.57. The fraction of sp³-hybridized carbons (Fsp3) is 0.846. The molecule has 2 amide bonds. The van der Waals surface area contributed by atoms with Crippen molar-refractivity contribution in [2.75, 3.05) is 7.05 Å². The van der Waals surface area contributed by atoms with Crippen molar-refractivity contribution in [3.63, 3.8) is 0 Å². The number of amides is 2. The Kier molecular flexibility index (Phi) is 3.82. The highest BCUT2D eigenvalue weighted by Gasteiger charge is 2.37. The van der Waals surface area contributed by atoms with Gasteiger partial charge in [-0.1, -0.05) is 26.2 Å². The average Bonchev–Trinajstić information content (AvgIpc) is 2.47. The highest BCUT2D eigenvalue weighted by atomic mass is 16.2. The molecule has 4 nitrogen and oxygen atoms in total. The summed E-state index contributed by atoms with van der Waals surface area (Å²) in [4.78, 5) is 24.5. The molecule has 3 unspecified atom stereocenters. The minimum atomic E-state index is -0.280. The summed E-state index contributed by atoms with van der Waals surface area (Å²) >= 11 is 0. The van der Waals surface area contributed by atoms with Gasteiger partial charge in [0, 0.05) is 13.1 Å². The highest BCUT2D eigenvalue weighted by Crippen LogP contribution is 2.24. The van der Waals surface area contributed by atoms with Crippen LogP contribution in [-0.4, -0.2) is 35.8 Å². The van der Waals surface area contributed by atoms with Crippen molar-refractivity contribution in [2.24, 2.45) is 5.92 Å². The van der Waals surface area contributed by atoms with Gasteiger partial charge in [0.2, 0.25) is 11.8 Å². The second-order valence-corrected chi connectivity index (χ2v) is 5.44. The molecule has 0 aromatic carbocycles. The van der Waals surface area contributed by atoms with Gasteiger partial charge in [0.25, 0.3) is 0 Å². The topological polar surface area (TPSA) is 49.4 Å². The third kappa shape index (κ3) is 2.68. The molecule has 2 fully saturated rings. The molecule has 1 aliphatic heterocycles. The average molecular weight is 238 g/mol. The fourth-order valence-electron chi connectivity index (χ4n) is 2.88. The molecule has 1 N–H and O–H groups in total. The minimum Gasteiger partial charge on any atom is -0.302 e. The molecule has 0 aromatic rings. The molecule has 17 heavy (non-hydrogen) atoms. The summed E-state index contributed by atoms with van der Waals surface area (Å²) in [5.41, 5.74) is 0. The second-order valence-electron chi connectivity index (χ2n) is 5.44. The zero-order valence-electron chi connectivity index (χ0n) is 10.7. The van der Waals surface area contributed by atoms with Crippen molar-refractivity contribution in [1.82, 2.24) is 10.2 Å². The van der Waals surface area contributed by atoms with Crippen LogP contribution in [0, 0.1) is 5.92 Å². The summed E-state index contributed by atoms with van der Waals surface area (Å²) in [6.45, 7) is 2.24. The first-order valence-electron chi connectivity index (χ1n) is 6.66. The summed E-state index contributed by atoms with van der Waals surface area (Å²) in [6, 6.07) is 0.115. The normalized spacial score (nSPS) is 35.2. The monoisotopic (exact) mass is 238 g/mol. The quantitative estimate of drug-likeness (QED) is 0.583. The van der Waals surface area contributed by atoms with E-state index in [4.69, 9.17) is 0 Å². The number of likely N-dealkylation sites (tertiary alicyclic amines) is 1. The molecule has 0 bridgehead atoms. The lowest BCUT2D eigenvalue weighted by atomic mass is 9.96. The van der Waals surface area contributed by atoms with Crippen molar-refractivity contribution in [3.05, 3.63) is 0 Å². The number of carbonyl (C=O) groups is 2. The summed E-state index contributed by atoms with van der Waals surface area (Å²) in [6.07, 6.45) is 6.49. The predicted molar refractivity (Wildman–Crippen MR) is 65.4 cm³/mol. The summed E-state index contributed by atoms with van der Waals surface area (Å²) in [5.74, 6) is 0.478. The SMILES string of the molecule is CC1CCCCCC1NC1CC(=O)N(C)C1=O. The number of rotatable bonds is 2. The van der Waals surface area contributed by atoms with Gasteiger partial charge in [-0.15, -0.1) is 0 Å². The van der Waals surface area contributed by atoms with Crippen LogP contribution in [0.1, 0.15) is 45.4 Å². The molecule has 1 heterocycles. The van der Waals surface area contributed by atoms with E-state index in [0.29, 0.717) is 18.4 Å². The summed E-state index contributed by atoms with van der Waals surface area (Å²) < 4.78 is 0. The molecule has 0 aromatic heterocycles. The molecule has 1 saturated carbocycles. The standard InChI is InChI=1S/C13H22N2O2/c1-9-6-4-3-5-7-10(9)14-11-8-12(16)15(2)13(11)17/h9-11,14H,3-8H2,1-2H3. The Balaban J connectivity index is 1.96. The molecule has 0 radical (unpaired) electrons. The molecule has 1 saturated heterocycles. The lowest BCUT2D eigenvalue weighted by Crippen LogP contribution is -2.45. The van der Waals surface area contributed by atoms with E-state index in [2.05, 4.69) is 12.2 Å². The Hall–Kier alpha value is -0.900. The van der Waals surface area contributed by atoms with Crippen LogP contribution >= 0.6 is 0 Å². The zero-order valence-corrected chi connectivity index (χ0v) is 10.7. The van der Waals surface area contributed by atoms with Crippen LogP contribution in [0.25, 0.3) is 0 Å². The van der Waals surface area contributed by atoms with Gasteiger partial charge in [-0.2, -0.15) is 0 Å². The van der Waals surface area contributed by atoms with Crippen molar-refractivity contribution >= 4 is 11.8 Å². The molecular weight excluding hydrogens is 216 g/mol. The van der Waals surface area contributed by atoms with Gasteiger partial charge in [0.1, 0.15) is 0 Å². The van der Waals surface area contributed by atoms with Crippen molar-refractivity contribution < 1.29 is 9.59 Å². The Morgan fingerprint density at radius 2 is 1.88 bits per heavy atom. The largest absolute Gasteiger partial charge is 0.302 e. The van der Waals surface area contributed by atoms with E-state index in [9.17, 15) is 9.59 Å². The molecule has 2 rings (SSSR count). The Bertz CT molecular complexity index is 317. The molecule has 96 valence electrons. The van der Waals surface area contributed by atoms with Gasteiger partial charge in [-0.05, 0) is 18.8 Å². The first-order chi connectivity index (χ1) is 8.09. The van der Waals surface area contributed by atoms with Crippen LogP contribution in [-0.2, 0) is 9.59 Å². The van der Waals surface area contributed by atoms with Gasteiger partial charge < -0.3 is 5.32 Å². The van der Waals surface area contributed by atoms with Crippen LogP contribution in [0.3, 0.4) is 0 Å². The van der Waals surface area contributed by atoms with Gasteiger partial charge in [-0.3, -0.25) is 14.5 Å². The Labute approximate surface area is 103 Å². The van der Waals surface area contributed by atoms with Crippen LogP contribution in [0.15, 0.2) is 0 Å². The van der Waals surface area contributed by atoms with Crippen molar-refractivity contribution in [1.29, 1.82) is 0 Å². The maximum Gasteiger partial charge on any atom is 0.246 e. The lowest BCUT2D eigenvalue weighted by Gasteiger charge is -2.25. The minimum absolute atomic E-state index is 0.0613. The van der Waals surface area contributed by atoms with Crippen LogP contribution in [0.4, 0.5) is 0 Å². The van der Waals surface area contributed by atoms with Crippen LogP contribution in [0.5, 0.6) is 0 Å². The molecule has 3 atom stereocenters. The molecular formula is C13H22N2O2. The number of likely N-dealkylation sites (N-methyl/N-ethyl adjacent to an activating group) is 1. The van der Waals surface area contributed by atoms with E-state index < -0.39 is 0 Å². The summed E-state index contributed by atoms with van der Waals surface area (Å²) in [5, 5.41) is 3.41. The van der Waals surface area contributed by atoms with E-state index >= 15 is 0 Å². The molecule has 2 aliphatic rings. The number of nitrogens with zero attached hydrogens (tertiary/aromatic N) is 1. The van der Waals surface area contributed by atoms with Crippen molar-refractivity contribution in [2.45, 2.75) is 57.5 Å². The van der Waals surface area contributed by atoms with Gasteiger partial charge in [0.15, 0.2) is 0 Å². The van der Waals surface area contributed by atoms with Gasteiger partial charge in [-0.25, -0.2) is 0 Å². The first-order valence-corrected chi connectivity index (χ1v) is 6.66. The highest BCUT2D eigenvalue weighted by molar-refractivity contribution is 6.05. The number of hydrogen-bond donors (Lipinski definition) is 1. The number of carbonyl (C=O) groups excluding carboxylic acids is 2. The lowest BCUT2D eigenvalue weighted by molar-refractivity contribution is -0.137. The van der Waals surface area contributed by atoms with E-state index in [1.807, 2.05) is 0 Å². The van der Waals surface area contributed by atoms with Gasteiger partial charge in [0.05, 0.1) is 12.5 Å². The Morgan fingerprint density at radius 1 is 1.18 bits per heavy atom. The molecule has 0 spiro atoms. The zero-order chi connectivity index (χ0) is 12.4. The smallest absolute Gasteiger partial charge is 0.246 e. The third-order valence-corrected chi connectivity index (χ3v) is 4.16. The van der Waals surface area contributed by atoms with E-state index in [-0.39, 0.29) is 17.9 Å². The Morgan fingerprint density at radius 3 is 2.53 bits per heavy atom. The van der Waals surface area contributed by atoms with E-state index in [0.717, 1.165) is 6.42 Å². The third-order valence-electron chi connectivity index (χ3n) is 4.16. The fourth-order valence-corrected chi connectivity index (χ4v) is 2.88. The predicted octanol–water partition coefficient (Wildman–Crippen LogP) is 1.30. The van der Waals surface area contributed by atoms with Crippen LogP contribution in [0.2, 0.25) is 0 Å². The second kappa shape index (κ2) is 5.17. The van der Waals surface area contributed by atoms with E-state index in [1.165, 1.54) is 30.6 Å². The maximum absolute atomic E-state index is 11.8. The number of hydrogen-bond acceptors (Lipinski definition) is 3. The first kappa shape index (κ1) is 12.6. The molecule has 4 heteroatoms. The molecule has 1 aliphatic carbocycles. The van der Waals surface area contributed by atoms with Crippen LogP contribution < -0.4 is 5.32 Å². The number of imide groups is 1. The van der Waals surface area contributed by atoms with Crippen molar-refractivity contribution in [3.8, 4) is 0 Å². The van der Waals surface area contributed by atoms with E-state index in [1.54, 1.807) is 7.05 Å². The maximum atomic E-state index is 11.8.